The lowest BCUT2D eigenvalue weighted by atomic mass is 10.2. The van der Waals surface area contributed by atoms with E-state index in [2.05, 4.69) is 19.4 Å². The van der Waals surface area contributed by atoms with Crippen LogP contribution in [0.2, 0.25) is 10.0 Å². The summed E-state index contributed by atoms with van der Waals surface area (Å²) >= 11 is 12.6. The van der Waals surface area contributed by atoms with Gasteiger partial charge in [-0.15, -0.1) is 24.8 Å². The van der Waals surface area contributed by atoms with Crippen LogP contribution < -0.4 is 4.90 Å². The summed E-state index contributed by atoms with van der Waals surface area (Å²) in [6, 6.07) is 6.30. The summed E-state index contributed by atoms with van der Waals surface area (Å²) in [5.41, 5.74) is 2.65. The van der Waals surface area contributed by atoms with E-state index in [0.717, 1.165) is 62.9 Å². The average molecular weight is 565 g/mol. The third kappa shape index (κ3) is 6.78. The third-order valence-corrected chi connectivity index (χ3v) is 7.99. The molecule has 0 spiro atoms. The second-order valence-electron chi connectivity index (χ2n) is 9.38. The Morgan fingerprint density at radius 3 is 2.40 bits per heavy atom. The topological polar surface area (TPSA) is 44.6 Å². The molecule has 0 bridgehead atoms. The molecule has 4 rings (SSSR count). The highest BCUT2D eigenvalue weighted by molar-refractivity contribution is 6.43. The van der Waals surface area contributed by atoms with Crippen molar-refractivity contribution in [2.24, 2.45) is 0 Å². The van der Waals surface area contributed by atoms with Gasteiger partial charge in [-0.25, -0.2) is 4.98 Å². The van der Waals surface area contributed by atoms with Gasteiger partial charge in [0, 0.05) is 51.5 Å². The van der Waals surface area contributed by atoms with Crippen LogP contribution in [0.5, 0.6) is 0 Å². The van der Waals surface area contributed by atoms with Crippen molar-refractivity contribution in [3.63, 3.8) is 0 Å². The average Bonchev–Trinajstić information content (AvgIpc) is 3.43. The van der Waals surface area contributed by atoms with Gasteiger partial charge in [0.2, 0.25) is 0 Å². The third-order valence-electron chi connectivity index (χ3n) is 7.18. The van der Waals surface area contributed by atoms with Gasteiger partial charge in [-0.05, 0) is 51.8 Å². The van der Waals surface area contributed by atoms with Crippen molar-refractivity contribution in [2.75, 3.05) is 51.2 Å². The van der Waals surface area contributed by atoms with E-state index in [4.69, 9.17) is 23.2 Å². The maximum Gasteiger partial charge on any atom is 0.274 e. The van der Waals surface area contributed by atoms with Crippen LogP contribution in [0.4, 0.5) is 5.69 Å². The molecule has 1 aromatic heterocycles. The van der Waals surface area contributed by atoms with Crippen molar-refractivity contribution in [1.82, 2.24) is 19.4 Å². The number of amides is 1. The number of anilines is 1. The van der Waals surface area contributed by atoms with Crippen LogP contribution in [-0.4, -0.2) is 71.6 Å². The number of imidazole rings is 1. The van der Waals surface area contributed by atoms with E-state index in [1.807, 2.05) is 44.0 Å². The summed E-state index contributed by atoms with van der Waals surface area (Å²) < 4.78 is 2.29. The summed E-state index contributed by atoms with van der Waals surface area (Å²) in [5.74, 6) is 1.00. The Morgan fingerprint density at radius 1 is 1.09 bits per heavy atom. The quantitative estimate of drug-likeness (QED) is 0.410. The minimum absolute atomic E-state index is 0. The number of carbonyl (C=O) groups excluding carboxylic acids is 1. The number of hydrogen-bond donors (Lipinski definition) is 0. The second kappa shape index (κ2) is 13.4. The fourth-order valence-electron chi connectivity index (χ4n) is 5.32. The normalized spacial score (nSPS) is 16.7. The minimum atomic E-state index is 0. The van der Waals surface area contributed by atoms with Crippen LogP contribution in [0, 0.1) is 13.8 Å². The largest absolute Gasteiger partial charge is 0.368 e. The van der Waals surface area contributed by atoms with Crippen LogP contribution in [-0.2, 0) is 0 Å². The van der Waals surface area contributed by atoms with Crippen molar-refractivity contribution < 1.29 is 4.79 Å². The summed E-state index contributed by atoms with van der Waals surface area (Å²) in [5, 5.41) is 1.23. The zero-order valence-corrected chi connectivity index (χ0v) is 23.9. The predicted octanol–water partition coefficient (Wildman–Crippen LogP) is 6.05. The molecule has 1 aromatic carbocycles. The van der Waals surface area contributed by atoms with Crippen LogP contribution >= 0.6 is 48.0 Å². The molecule has 1 saturated carbocycles. The number of aromatic nitrogens is 2. The van der Waals surface area contributed by atoms with Gasteiger partial charge >= 0.3 is 0 Å². The van der Waals surface area contributed by atoms with E-state index in [-0.39, 0.29) is 30.7 Å². The monoisotopic (exact) mass is 563 g/mol. The molecule has 196 valence electrons. The number of carbonyl (C=O) groups is 1. The summed E-state index contributed by atoms with van der Waals surface area (Å²) in [4.78, 5) is 24.3. The lowest BCUT2D eigenvalue weighted by molar-refractivity contribution is 0.0781. The first kappa shape index (κ1) is 30.0. The lowest BCUT2D eigenvalue weighted by Crippen LogP contribution is -2.47. The maximum atomic E-state index is 13.1. The molecule has 0 atom stereocenters. The summed E-state index contributed by atoms with van der Waals surface area (Å²) in [6.07, 6.45) is 5.87. The van der Waals surface area contributed by atoms with Crippen LogP contribution in [0.1, 0.15) is 60.2 Å². The predicted molar refractivity (Wildman–Crippen MR) is 150 cm³/mol. The van der Waals surface area contributed by atoms with Crippen molar-refractivity contribution in [2.45, 2.75) is 52.0 Å². The Balaban J connectivity index is 0.00000216. The minimum Gasteiger partial charge on any atom is -0.368 e. The van der Waals surface area contributed by atoms with Crippen molar-refractivity contribution in [3.05, 3.63) is 45.5 Å². The molecule has 2 fully saturated rings. The molecule has 1 aliphatic heterocycles. The highest BCUT2D eigenvalue weighted by Crippen LogP contribution is 2.33. The van der Waals surface area contributed by atoms with Crippen LogP contribution in [0.15, 0.2) is 18.2 Å². The van der Waals surface area contributed by atoms with Gasteiger partial charge in [0.25, 0.3) is 5.91 Å². The van der Waals surface area contributed by atoms with Crippen molar-refractivity contribution in [1.29, 1.82) is 0 Å². The highest BCUT2D eigenvalue weighted by Gasteiger charge is 2.26. The van der Waals surface area contributed by atoms with Gasteiger partial charge in [-0.1, -0.05) is 42.1 Å². The SMILES string of the molecule is Cc1nc(C(=O)N(C)CCCN2CCN(c3cccc(Cl)c3Cl)CC2)c(C)n1C1CCCC1.Cl.Cl. The van der Waals surface area contributed by atoms with E-state index < -0.39 is 0 Å². The molecule has 2 aromatic rings. The molecule has 35 heavy (non-hydrogen) atoms. The molecule has 0 radical (unpaired) electrons. The molecular weight excluding hydrogens is 528 g/mol. The number of benzene rings is 1. The molecule has 6 nitrogen and oxygen atoms in total. The first-order chi connectivity index (χ1) is 15.9. The molecule has 2 heterocycles. The molecule has 1 amide bonds. The van der Waals surface area contributed by atoms with Gasteiger partial charge < -0.3 is 14.4 Å². The standard InChI is InChI=1S/C25H35Cl2N5O.2ClH/c1-18-24(28-19(2)32(18)20-8-4-5-9-20)25(33)29(3)12-7-13-30-14-16-31(17-15-30)22-11-6-10-21(26)23(22)27;;/h6,10-11,20H,4-5,7-9,12-17H2,1-3H3;2*1H. The first-order valence-electron chi connectivity index (χ1n) is 12.1. The number of hydrogen-bond acceptors (Lipinski definition) is 4. The fraction of sp³-hybridized carbons (Fsp3) is 0.600. The zero-order valence-electron chi connectivity index (χ0n) is 20.8. The van der Waals surface area contributed by atoms with Crippen LogP contribution in [0.3, 0.4) is 0 Å². The smallest absolute Gasteiger partial charge is 0.274 e. The Hall–Kier alpha value is -1.18. The van der Waals surface area contributed by atoms with E-state index in [1.54, 1.807) is 0 Å². The van der Waals surface area contributed by atoms with Gasteiger partial charge in [0.15, 0.2) is 0 Å². The first-order valence-corrected chi connectivity index (χ1v) is 12.8. The molecule has 1 aliphatic carbocycles. The number of halogens is 4. The summed E-state index contributed by atoms with van der Waals surface area (Å²) in [7, 11) is 1.89. The number of aryl methyl sites for hydroxylation is 1. The molecule has 1 saturated heterocycles. The Labute approximate surface area is 231 Å². The Bertz CT molecular complexity index is 984. The maximum absolute atomic E-state index is 13.1. The van der Waals surface area contributed by atoms with Crippen molar-refractivity contribution >= 4 is 59.6 Å². The lowest BCUT2D eigenvalue weighted by Gasteiger charge is -2.36. The van der Waals surface area contributed by atoms with Crippen molar-refractivity contribution in [3.8, 4) is 0 Å². The molecule has 0 unspecified atom stereocenters. The van der Waals surface area contributed by atoms with E-state index in [0.29, 0.717) is 21.8 Å². The number of rotatable bonds is 7. The van der Waals surface area contributed by atoms with E-state index in [1.165, 1.54) is 25.7 Å². The Morgan fingerprint density at radius 2 is 1.74 bits per heavy atom. The van der Waals surface area contributed by atoms with Crippen LogP contribution in [0.25, 0.3) is 0 Å². The zero-order chi connectivity index (χ0) is 23.5. The van der Waals surface area contributed by atoms with Gasteiger partial charge in [0.05, 0.1) is 15.7 Å². The Kier molecular flexibility index (Phi) is 11.5. The molecular formula is C25H37Cl4N5O. The number of piperazine rings is 1. The molecule has 2 aliphatic rings. The molecule has 0 N–H and O–H groups in total. The van der Waals surface area contributed by atoms with Gasteiger partial charge in [-0.3, -0.25) is 9.69 Å². The summed E-state index contributed by atoms with van der Waals surface area (Å²) in [6.45, 7) is 9.58. The molecule has 10 heteroatoms. The van der Waals surface area contributed by atoms with Gasteiger partial charge in [0.1, 0.15) is 11.5 Å². The van der Waals surface area contributed by atoms with E-state index >= 15 is 0 Å². The number of nitrogens with zero attached hydrogens (tertiary/aromatic N) is 5. The highest BCUT2D eigenvalue weighted by atomic mass is 35.5. The second-order valence-corrected chi connectivity index (χ2v) is 10.2. The van der Waals surface area contributed by atoms with E-state index in [9.17, 15) is 4.79 Å². The fourth-order valence-corrected chi connectivity index (χ4v) is 5.73. The van der Waals surface area contributed by atoms with Gasteiger partial charge in [-0.2, -0.15) is 0 Å².